The van der Waals surface area contributed by atoms with E-state index in [2.05, 4.69) is 15.3 Å². The fraction of sp³-hybridized carbons (Fsp3) is 0.517. The molecule has 4 heterocycles. The molecule has 1 aliphatic carbocycles. The molecule has 0 saturated heterocycles. The number of rotatable bonds is 10. The lowest BCUT2D eigenvalue weighted by atomic mass is 9.76. The van der Waals surface area contributed by atoms with Crippen LogP contribution in [-0.4, -0.2) is 67.8 Å². The summed E-state index contributed by atoms with van der Waals surface area (Å²) >= 11 is 0. The minimum atomic E-state index is -2.98. The zero-order chi connectivity index (χ0) is 29.5. The standard InChI is InChI=1S/C29H37N5O6S/c1-16-17(2)40-28(35)20-6-7-24(34-26(16)20)33-25-10-21-22(11-31-25)27(32-12-23(21)29(3,30)15-38-4)39-13-18-8-19(9-18)14-41(5,36)37/h6-7,10-12,16-19H,8-9,13-15,30H2,1-5H3,(H,31,33,34)/t16-,17-,18?,19?,29+/m0/s1. The largest absolute Gasteiger partial charge is 0.477 e. The molecule has 220 valence electrons. The predicted molar refractivity (Wildman–Crippen MR) is 155 cm³/mol. The van der Waals surface area contributed by atoms with Crippen molar-refractivity contribution in [1.82, 2.24) is 15.0 Å². The predicted octanol–water partition coefficient (Wildman–Crippen LogP) is 3.70. The summed E-state index contributed by atoms with van der Waals surface area (Å²) in [6, 6.07) is 5.32. The second kappa shape index (κ2) is 11.1. The highest BCUT2D eigenvalue weighted by Crippen LogP contribution is 2.37. The molecule has 0 radical (unpaired) electrons. The van der Waals surface area contributed by atoms with Gasteiger partial charge in [-0.3, -0.25) is 0 Å². The van der Waals surface area contributed by atoms with Crippen LogP contribution in [0.5, 0.6) is 5.88 Å². The summed E-state index contributed by atoms with van der Waals surface area (Å²) in [5.74, 6) is 1.79. The Morgan fingerprint density at radius 2 is 1.88 bits per heavy atom. The molecule has 5 rings (SSSR count). The van der Waals surface area contributed by atoms with Gasteiger partial charge in [0, 0.05) is 37.2 Å². The molecule has 41 heavy (non-hydrogen) atoms. The van der Waals surface area contributed by atoms with E-state index in [9.17, 15) is 13.2 Å². The van der Waals surface area contributed by atoms with Crippen molar-refractivity contribution in [2.24, 2.45) is 17.6 Å². The lowest BCUT2D eigenvalue weighted by molar-refractivity contribution is 0.0235. The van der Waals surface area contributed by atoms with Gasteiger partial charge in [-0.25, -0.2) is 28.2 Å². The van der Waals surface area contributed by atoms with Gasteiger partial charge < -0.3 is 25.3 Å². The first-order valence-corrected chi connectivity index (χ1v) is 15.8. The third kappa shape index (κ3) is 6.29. The summed E-state index contributed by atoms with van der Waals surface area (Å²) in [5.41, 5.74) is 7.74. The average Bonchev–Trinajstić information content (AvgIpc) is 2.87. The Balaban J connectivity index is 1.41. The first kappa shape index (κ1) is 29.2. The fourth-order valence-electron chi connectivity index (χ4n) is 5.65. The Bertz CT molecular complexity index is 1570. The quantitative estimate of drug-likeness (QED) is 0.336. The number of pyridine rings is 3. The van der Waals surface area contributed by atoms with Crippen LogP contribution in [0.3, 0.4) is 0 Å². The van der Waals surface area contributed by atoms with Crippen LogP contribution in [-0.2, 0) is 24.8 Å². The molecule has 1 aliphatic heterocycles. The highest BCUT2D eigenvalue weighted by molar-refractivity contribution is 7.90. The molecule has 11 nitrogen and oxygen atoms in total. The van der Waals surface area contributed by atoms with Crippen molar-refractivity contribution < 1.29 is 27.4 Å². The molecule has 0 unspecified atom stereocenters. The van der Waals surface area contributed by atoms with Gasteiger partial charge in [0.2, 0.25) is 5.88 Å². The number of esters is 1. The number of nitrogens with two attached hydrogens (primary N) is 1. The number of hydrogen-bond acceptors (Lipinski definition) is 11. The van der Waals surface area contributed by atoms with Crippen molar-refractivity contribution >= 4 is 38.2 Å². The first-order chi connectivity index (χ1) is 19.3. The molecule has 1 fully saturated rings. The number of nitrogens with zero attached hydrogens (tertiary/aromatic N) is 3. The maximum Gasteiger partial charge on any atom is 0.340 e. The number of methoxy groups -OCH3 is 1. The second-order valence-corrected chi connectivity index (χ2v) is 13.9. The molecular weight excluding hydrogens is 546 g/mol. The molecule has 0 spiro atoms. The van der Waals surface area contributed by atoms with Gasteiger partial charge in [0.15, 0.2) is 0 Å². The molecule has 0 bridgehead atoms. The van der Waals surface area contributed by atoms with Crippen LogP contribution in [0.25, 0.3) is 10.8 Å². The Morgan fingerprint density at radius 1 is 1.12 bits per heavy atom. The number of ether oxygens (including phenoxy) is 3. The number of fused-ring (bicyclic) bond motifs is 2. The van der Waals surface area contributed by atoms with Crippen molar-refractivity contribution in [3.05, 3.63) is 47.4 Å². The topological polar surface area (TPSA) is 156 Å². The number of carbonyl (C=O) groups is 1. The lowest BCUT2D eigenvalue weighted by Crippen LogP contribution is -2.38. The summed E-state index contributed by atoms with van der Waals surface area (Å²) < 4.78 is 40.1. The zero-order valence-corrected chi connectivity index (χ0v) is 24.8. The van der Waals surface area contributed by atoms with E-state index < -0.39 is 15.4 Å². The minimum absolute atomic E-state index is 0.0456. The third-order valence-electron chi connectivity index (χ3n) is 7.95. The zero-order valence-electron chi connectivity index (χ0n) is 24.0. The number of nitrogens with one attached hydrogen (secondary N) is 1. The number of aromatic nitrogens is 3. The third-order valence-corrected chi connectivity index (χ3v) is 9.03. The van der Waals surface area contributed by atoms with Gasteiger partial charge >= 0.3 is 5.97 Å². The van der Waals surface area contributed by atoms with Crippen molar-refractivity contribution in [2.75, 3.05) is 37.6 Å². The van der Waals surface area contributed by atoms with E-state index >= 15 is 0 Å². The number of hydrogen-bond donors (Lipinski definition) is 2. The van der Waals surface area contributed by atoms with Crippen LogP contribution in [0, 0.1) is 11.8 Å². The molecule has 3 aromatic heterocycles. The molecule has 1 saturated carbocycles. The Hall–Kier alpha value is -3.35. The van der Waals surface area contributed by atoms with E-state index in [-0.39, 0.29) is 42.2 Å². The number of cyclic esters (lactones) is 1. The Morgan fingerprint density at radius 3 is 2.59 bits per heavy atom. The van der Waals surface area contributed by atoms with Gasteiger partial charge in [0.05, 0.1) is 41.1 Å². The van der Waals surface area contributed by atoms with Crippen LogP contribution < -0.4 is 15.8 Å². The van der Waals surface area contributed by atoms with E-state index in [0.29, 0.717) is 40.8 Å². The molecule has 3 atom stereocenters. The molecule has 3 aromatic rings. The minimum Gasteiger partial charge on any atom is -0.477 e. The van der Waals surface area contributed by atoms with Crippen molar-refractivity contribution in [1.29, 1.82) is 0 Å². The average molecular weight is 584 g/mol. The van der Waals surface area contributed by atoms with E-state index in [0.717, 1.165) is 23.8 Å². The molecule has 0 amide bonds. The van der Waals surface area contributed by atoms with Gasteiger partial charge in [-0.05, 0) is 62.1 Å². The summed E-state index contributed by atoms with van der Waals surface area (Å²) in [4.78, 5) is 26.2. The maximum absolute atomic E-state index is 12.3. The SMILES string of the molecule is COC[C@@](C)(N)c1cnc(OCC2CC(CS(C)(=O)=O)C2)c2cnc(Nc3ccc4c(n3)[C@@H](C)[C@H](C)OC4=O)cc12. The smallest absolute Gasteiger partial charge is 0.340 e. The van der Waals surface area contributed by atoms with E-state index in [4.69, 9.17) is 24.9 Å². The van der Waals surface area contributed by atoms with E-state index in [1.165, 1.54) is 6.26 Å². The van der Waals surface area contributed by atoms with Gasteiger partial charge in [0.25, 0.3) is 0 Å². The highest BCUT2D eigenvalue weighted by Gasteiger charge is 2.33. The molecular formula is C29H37N5O6S. The van der Waals surface area contributed by atoms with Crippen LogP contribution in [0.4, 0.5) is 11.6 Å². The monoisotopic (exact) mass is 583 g/mol. The van der Waals surface area contributed by atoms with Crippen molar-refractivity contribution in [3.8, 4) is 5.88 Å². The van der Waals surface area contributed by atoms with E-state index in [1.54, 1.807) is 31.6 Å². The number of carbonyl (C=O) groups excluding carboxylic acids is 1. The molecule has 3 N–H and O–H groups in total. The molecule has 12 heteroatoms. The lowest BCUT2D eigenvalue weighted by Gasteiger charge is -2.34. The van der Waals surface area contributed by atoms with Crippen LogP contribution >= 0.6 is 0 Å². The Labute approximate surface area is 240 Å². The molecule has 2 aliphatic rings. The normalized spacial score (nSPS) is 23.7. The Kier molecular flexibility index (Phi) is 7.92. The van der Waals surface area contributed by atoms with E-state index in [1.807, 2.05) is 26.8 Å². The second-order valence-electron chi connectivity index (χ2n) is 11.7. The summed E-state index contributed by atoms with van der Waals surface area (Å²) in [6.45, 7) is 6.43. The van der Waals surface area contributed by atoms with Crippen LogP contribution in [0.15, 0.2) is 30.6 Å². The first-order valence-electron chi connectivity index (χ1n) is 13.7. The fourth-order valence-corrected chi connectivity index (χ4v) is 6.78. The summed E-state index contributed by atoms with van der Waals surface area (Å²) in [5, 5.41) is 4.77. The van der Waals surface area contributed by atoms with Gasteiger partial charge in [0.1, 0.15) is 27.6 Å². The number of sulfone groups is 1. The van der Waals surface area contributed by atoms with Crippen molar-refractivity contribution in [2.45, 2.75) is 51.2 Å². The van der Waals surface area contributed by atoms with Crippen LogP contribution in [0.2, 0.25) is 0 Å². The summed E-state index contributed by atoms with van der Waals surface area (Å²) in [7, 11) is -1.38. The van der Waals surface area contributed by atoms with Crippen molar-refractivity contribution in [3.63, 3.8) is 0 Å². The maximum atomic E-state index is 12.3. The summed E-state index contributed by atoms with van der Waals surface area (Å²) in [6.07, 6.45) is 6.04. The van der Waals surface area contributed by atoms with Crippen LogP contribution in [0.1, 0.15) is 61.1 Å². The van der Waals surface area contributed by atoms with Gasteiger partial charge in [-0.2, -0.15) is 0 Å². The van der Waals surface area contributed by atoms with Gasteiger partial charge in [-0.1, -0.05) is 6.92 Å². The van der Waals surface area contributed by atoms with Gasteiger partial charge in [-0.15, -0.1) is 0 Å². The highest BCUT2D eigenvalue weighted by atomic mass is 32.2. The molecule has 0 aromatic carbocycles. The number of anilines is 2.